The first kappa shape index (κ1) is 18.5. The van der Waals surface area contributed by atoms with Gasteiger partial charge in [0.05, 0.1) is 11.0 Å². The average Bonchev–Trinajstić information content (AvgIpc) is 2.55. The first-order chi connectivity index (χ1) is 11.2. The van der Waals surface area contributed by atoms with E-state index in [1.165, 1.54) is 4.31 Å². The fraction of sp³-hybridized carbons (Fsp3) is 0.368. The predicted octanol–water partition coefficient (Wildman–Crippen LogP) is 4.16. The topological polar surface area (TPSA) is 46.6 Å². The highest BCUT2D eigenvalue weighted by atomic mass is 32.2. The van der Waals surface area contributed by atoms with E-state index in [1.54, 1.807) is 25.2 Å². The summed E-state index contributed by atoms with van der Waals surface area (Å²) in [7, 11) is -1.96. The van der Waals surface area contributed by atoms with Gasteiger partial charge in [0.15, 0.2) is 0 Å². The molecule has 2 aromatic rings. The van der Waals surface area contributed by atoms with Crippen molar-refractivity contribution < 1.29 is 13.2 Å². The Morgan fingerprint density at radius 1 is 1.00 bits per heavy atom. The van der Waals surface area contributed by atoms with Gasteiger partial charge in [-0.2, -0.15) is 4.31 Å². The summed E-state index contributed by atoms with van der Waals surface area (Å²) >= 11 is 0. The van der Waals surface area contributed by atoms with E-state index in [-0.39, 0.29) is 17.0 Å². The van der Waals surface area contributed by atoms with Crippen LogP contribution in [0, 0.1) is 6.92 Å². The lowest BCUT2D eigenvalue weighted by Gasteiger charge is -2.25. The number of rotatable bonds is 6. The fourth-order valence-corrected chi connectivity index (χ4v) is 3.92. The van der Waals surface area contributed by atoms with Gasteiger partial charge in [0.2, 0.25) is 10.0 Å². The molecular weight excluding hydrogens is 322 g/mol. The van der Waals surface area contributed by atoms with E-state index in [9.17, 15) is 8.42 Å². The van der Waals surface area contributed by atoms with Gasteiger partial charge in [-0.05, 0) is 57.0 Å². The number of sulfonamides is 1. The van der Waals surface area contributed by atoms with Crippen molar-refractivity contribution in [2.45, 2.75) is 44.7 Å². The first-order valence-electron chi connectivity index (χ1n) is 8.03. The van der Waals surface area contributed by atoms with Crippen LogP contribution in [0.2, 0.25) is 0 Å². The summed E-state index contributed by atoms with van der Waals surface area (Å²) in [4.78, 5) is 0.279. The second-order valence-corrected chi connectivity index (χ2v) is 8.20. The van der Waals surface area contributed by atoms with Crippen LogP contribution in [-0.4, -0.2) is 25.9 Å². The van der Waals surface area contributed by atoms with E-state index in [4.69, 9.17) is 4.74 Å². The molecule has 1 atom stereocenters. The van der Waals surface area contributed by atoms with E-state index < -0.39 is 10.0 Å². The molecule has 130 valence electrons. The minimum absolute atomic E-state index is 0.0481. The standard InChI is InChI=1S/C19H25NO3S/c1-14(2)23-19-12-11-18(13-15(19)3)24(21,22)20(5)16(4)17-9-7-6-8-10-17/h6-14,16H,1-5H3. The van der Waals surface area contributed by atoms with Crippen molar-refractivity contribution in [3.05, 3.63) is 59.7 Å². The van der Waals surface area contributed by atoms with E-state index in [2.05, 4.69) is 0 Å². The molecule has 0 N–H and O–H groups in total. The molecule has 0 aliphatic rings. The summed E-state index contributed by atoms with van der Waals surface area (Å²) in [5.41, 5.74) is 1.77. The van der Waals surface area contributed by atoms with Crippen LogP contribution in [0.15, 0.2) is 53.4 Å². The Kier molecular flexibility index (Phi) is 5.67. The van der Waals surface area contributed by atoms with Gasteiger partial charge in [0.25, 0.3) is 0 Å². The molecule has 24 heavy (non-hydrogen) atoms. The van der Waals surface area contributed by atoms with Crippen molar-refractivity contribution in [3.8, 4) is 5.75 Å². The zero-order valence-electron chi connectivity index (χ0n) is 14.9. The molecule has 4 nitrogen and oxygen atoms in total. The Morgan fingerprint density at radius 2 is 1.62 bits per heavy atom. The fourth-order valence-electron chi connectivity index (χ4n) is 2.48. The van der Waals surface area contributed by atoms with Crippen LogP contribution in [-0.2, 0) is 10.0 Å². The van der Waals surface area contributed by atoms with Crippen molar-refractivity contribution in [1.29, 1.82) is 0 Å². The van der Waals surface area contributed by atoms with Crippen LogP contribution in [0.3, 0.4) is 0 Å². The molecule has 0 fully saturated rings. The number of aryl methyl sites for hydroxylation is 1. The van der Waals surface area contributed by atoms with Crippen LogP contribution in [0.4, 0.5) is 0 Å². The summed E-state index contributed by atoms with van der Waals surface area (Å²) < 4.78 is 32.9. The predicted molar refractivity (Wildman–Crippen MR) is 96.7 cm³/mol. The van der Waals surface area contributed by atoms with E-state index in [0.717, 1.165) is 11.1 Å². The van der Waals surface area contributed by atoms with Gasteiger partial charge in [-0.1, -0.05) is 30.3 Å². The van der Waals surface area contributed by atoms with Crippen molar-refractivity contribution in [1.82, 2.24) is 4.31 Å². The third kappa shape index (κ3) is 3.97. The van der Waals surface area contributed by atoms with Gasteiger partial charge < -0.3 is 4.74 Å². The molecule has 0 aliphatic carbocycles. The van der Waals surface area contributed by atoms with Crippen molar-refractivity contribution >= 4 is 10.0 Å². The lowest BCUT2D eigenvalue weighted by molar-refractivity contribution is 0.240. The molecule has 2 aromatic carbocycles. The summed E-state index contributed by atoms with van der Waals surface area (Å²) in [6, 6.07) is 14.4. The Labute approximate surface area is 145 Å². The molecule has 5 heteroatoms. The Hall–Kier alpha value is -1.85. The number of hydrogen-bond acceptors (Lipinski definition) is 3. The summed E-state index contributed by atoms with van der Waals surface area (Å²) in [5.74, 6) is 0.711. The Bertz CT molecular complexity index is 786. The minimum Gasteiger partial charge on any atom is -0.491 e. The second kappa shape index (κ2) is 7.36. The van der Waals surface area contributed by atoms with Gasteiger partial charge in [0, 0.05) is 13.1 Å². The van der Waals surface area contributed by atoms with Gasteiger partial charge in [-0.25, -0.2) is 8.42 Å². The monoisotopic (exact) mass is 347 g/mol. The third-order valence-corrected chi connectivity index (χ3v) is 5.94. The molecule has 0 saturated heterocycles. The van der Waals surface area contributed by atoms with Crippen LogP contribution in [0.25, 0.3) is 0 Å². The van der Waals surface area contributed by atoms with Crippen LogP contribution < -0.4 is 4.74 Å². The normalized spacial score (nSPS) is 13.3. The third-order valence-electron chi connectivity index (χ3n) is 4.01. The van der Waals surface area contributed by atoms with Crippen LogP contribution >= 0.6 is 0 Å². The molecule has 0 amide bonds. The van der Waals surface area contributed by atoms with E-state index in [1.807, 2.05) is 58.0 Å². The molecule has 0 spiro atoms. The van der Waals surface area contributed by atoms with E-state index >= 15 is 0 Å². The van der Waals surface area contributed by atoms with Crippen LogP contribution in [0.5, 0.6) is 5.75 Å². The molecule has 0 saturated carbocycles. The number of benzene rings is 2. The molecule has 2 rings (SSSR count). The number of nitrogens with zero attached hydrogens (tertiary/aromatic N) is 1. The summed E-state index contributed by atoms with van der Waals surface area (Å²) in [5, 5.41) is 0. The Morgan fingerprint density at radius 3 is 2.17 bits per heavy atom. The van der Waals surface area contributed by atoms with E-state index in [0.29, 0.717) is 5.75 Å². The maximum Gasteiger partial charge on any atom is 0.243 e. The van der Waals surface area contributed by atoms with Gasteiger partial charge in [-0.15, -0.1) is 0 Å². The highest BCUT2D eigenvalue weighted by Gasteiger charge is 2.26. The van der Waals surface area contributed by atoms with Crippen molar-refractivity contribution in [2.24, 2.45) is 0 Å². The molecule has 0 bridgehead atoms. The zero-order valence-corrected chi connectivity index (χ0v) is 15.7. The highest BCUT2D eigenvalue weighted by molar-refractivity contribution is 7.89. The number of hydrogen-bond donors (Lipinski definition) is 0. The molecule has 0 aromatic heterocycles. The average molecular weight is 347 g/mol. The summed E-state index contributed by atoms with van der Waals surface area (Å²) in [6.07, 6.45) is 0.0481. The largest absolute Gasteiger partial charge is 0.491 e. The SMILES string of the molecule is Cc1cc(S(=O)(=O)N(C)C(C)c2ccccc2)ccc1OC(C)C. The molecular formula is C19H25NO3S. The number of ether oxygens (including phenoxy) is 1. The molecule has 1 unspecified atom stereocenters. The van der Waals surface area contributed by atoms with Gasteiger partial charge in [0.1, 0.15) is 5.75 Å². The zero-order chi connectivity index (χ0) is 17.9. The van der Waals surface area contributed by atoms with Crippen molar-refractivity contribution in [3.63, 3.8) is 0 Å². The highest BCUT2D eigenvalue weighted by Crippen LogP contribution is 2.28. The Balaban J connectivity index is 2.31. The quantitative estimate of drug-likeness (QED) is 0.788. The first-order valence-corrected chi connectivity index (χ1v) is 9.47. The van der Waals surface area contributed by atoms with Gasteiger partial charge in [-0.3, -0.25) is 0 Å². The smallest absolute Gasteiger partial charge is 0.243 e. The molecule has 0 heterocycles. The maximum absolute atomic E-state index is 12.9. The van der Waals surface area contributed by atoms with Gasteiger partial charge >= 0.3 is 0 Å². The lowest BCUT2D eigenvalue weighted by Crippen LogP contribution is -2.29. The van der Waals surface area contributed by atoms with Crippen LogP contribution in [0.1, 0.15) is 37.9 Å². The molecule has 0 aliphatic heterocycles. The minimum atomic E-state index is -3.58. The second-order valence-electron chi connectivity index (χ2n) is 6.20. The lowest BCUT2D eigenvalue weighted by atomic mass is 10.1. The maximum atomic E-state index is 12.9. The molecule has 0 radical (unpaired) electrons. The summed E-state index contributed by atoms with van der Waals surface area (Å²) in [6.45, 7) is 7.63. The van der Waals surface area contributed by atoms with Crippen molar-refractivity contribution in [2.75, 3.05) is 7.05 Å².